The zero-order chi connectivity index (χ0) is 16.8. The summed E-state index contributed by atoms with van der Waals surface area (Å²) in [4.78, 5) is 11.1. The molecule has 5 heteroatoms. The summed E-state index contributed by atoms with van der Waals surface area (Å²) in [5.41, 5.74) is 2.67. The van der Waals surface area contributed by atoms with Gasteiger partial charge in [-0.25, -0.2) is 9.97 Å². The molecule has 128 valence electrons. The molecule has 1 aromatic carbocycles. The van der Waals surface area contributed by atoms with Gasteiger partial charge >= 0.3 is 0 Å². The Balaban J connectivity index is 1.70. The van der Waals surface area contributed by atoms with E-state index in [-0.39, 0.29) is 0 Å². The number of methoxy groups -OCH3 is 1. The van der Waals surface area contributed by atoms with Crippen LogP contribution in [0.3, 0.4) is 0 Å². The molecule has 0 amide bonds. The highest BCUT2D eigenvalue weighted by atomic mass is 16.5. The summed E-state index contributed by atoms with van der Waals surface area (Å²) in [5.74, 6) is 1.21. The lowest BCUT2D eigenvalue weighted by Gasteiger charge is -2.33. The molecule has 2 aromatic rings. The Labute approximate surface area is 144 Å². The maximum atomic E-state index is 5.26. The van der Waals surface area contributed by atoms with Crippen LogP contribution in [0.2, 0.25) is 0 Å². The van der Waals surface area contributed by atoms with Crippen LogP contribution >= 0.6 is 0 Å². The predicted octanol–water partition coefficient (Wildman–Crippen LogP) is 3.47. The smallest absolute Gasteiger partial charge is 0.257 e. The van der Waals surface area contributed by atoms with Gasteiger partial charge in [0.25, 0.3) is 5.88 Å². The van der Waals surface area contributed by atoms with Crippen LogP contribution < -0.4 is 10.1 Å². The molecule has 1 aliphatic heterocycles. The molecule has 1 fully saturated rings. The lowest BCUT2D eigenvalue weighted by atomic mass is 10.0. The van der Waals surface area contributed by atoms with Gasteiger partial charge in [0.15, 0.2) is 5.82 Å². The van der Waals surface area contributed by atoms with E-state index in [1.54, 1.807) is 19.5 Å². The average molecular weight is 326 g/mol. The van der Waals surface area contributed by atoms with Crippen molar-refractivity contribution in [2.45, 2.75) is 45.3 Å². The van der Waals surface area contributed by atoms with Crippen molar-refractivity contribution in [2.24, 2.45) is 0 Å². The van der Waals surface area contributed by atoms with E-state index in [4.69, 9.17) is 4.74 Å². The number of rotatable bonds is 6. The minimum atomic E-state index is 0.527. The summed E-state index contributed by atoms with van der Waals surface area (Å²) in [7, 11) is 1.61. The highest BCUT2D eigenvalue weighted by Crippen LogP contribution is 2.22. The van der Waals surface area contributed by atoms with Crippen molar-refractivity contribution in [1.29, 1.82) is 0 Å². The van der Waals surface area contributed by atoms with E-state index in [1.807, 2.05) is 0 Å². The standard InChI is InChI=1S/C19H26N4O/c1-15-7-5-6-12-23(15)14-17-9-4-3-8-16(17)13-22-18-19(24-2)21-11-10-20-18/h3-4,8-11,15H,5-7,12-14H2,1-2H3,(H,20,22). The molecule has 1 atom stereocenters. The Morgan fingerprint density at radius 3 is 2.75 bits per heavy atom. The van der Waals surface area contributed by atoms with Crippen molar-refractivity contribution in [1.82, 2.24) is 14.9 Å². The number of benzene rings is 1. The normalized spacial score (nSPS) is 18.3. The van der Waals surface area contributed by atoms with Gasteiger partial charge in [-0.15, -0.1) is 0 Å². The molecule has 0 spiro atoms. The monoisotopic (exact) mass is 326 g/mol. The number of hydrogen-bond acceptors (Lipinski definition) is 5. The molecule has 0 radical (unpaired) electrons. The SMILES string of the molecule is COc1nccnc1NCc1ccccc1CN1CCCCC1C. The van der Waals surface area contributed by atoms with Gasteiger partial charge < -0.3 is 10.1 Å². The fourth-order valence-corrected chi connectivity index (χ4v) is 3.27. The van der Waals surface area contributed by atoms with E-state index in [2.05, 4.69) is 51.4 Å². The minimum absolute atomic E-state index is 0.527. The summed E-state index contributed by atoms with van der Waals surface area (Å²) in [6, 6.07) is 9.29. The molecule has 0 aliphatic carbocycles. The topological polar surface area (TPSA) is 50.3 Å². The zero-order valence-corrected chi connectivity index (χ0v) is 14.5. The Morgan fingerprint density at radius 1 is 1.17 bits per heavy atom. The van der Waals surface area contributed by atoms with Crippen LogP contribution in [0, 0.1) is 0 Å². The van der Waals surface area contributed by atoms with E-state index in [0.29, 0.717) is 24.3 Å². The van der Waals surface area contributed by atoms with Crippen molar-refractivity contribution in [3.05, 3.63) is 47.8 Å². The van der Waals surface area contributed by atoms with Gasteiger partial charge in [0, 0.05) is 31.5 Å². The number of nitrogens with one attached hydrogen (secondary N) is 1. The quantitative estimate of drug-likeness (QED) is 0.881. The van der Waals surface area contributed by atoms with Crippen LogP contribution in [0.5, 0.6) is 5.88 Å². The number of likely N-dealkylation sites (tertiary alicyclic amines) is 1. The Bertz CT molecular complexity index is 661. The summed E-state index contributed by atoms with van der Waals surface area (Å²) in [6.45, 7) is 5.26. The van der Waals surface area contributed by atoms with Crippen molar-refractivity contribution in [2.75, 3.05) is 19.0 Å². The number of aromatic nitrogens is 2. The maximum absolute atomic E-state index is 5.26. The van der Waals surface area contributed by atoms with Crippen LogP contribution in [0.4, 0.5) is 5.82 Å². The number of nitrogens with zero attached hydrogens (tertiary/aromatic N) is 3. The number of hydrogen-bond donors (Lipinski definition) is 1. The molecule has 0 saturated carbocycles. The van der Waals surface area contributed by atoms with E-state index in [9.17, 15) is 0 Å². The van der Waals surface area contributed by atoms with Crippen LogP contribution in [0.25, 0.3) is 0 Å². The second kappa shape index (κ2) is 8.11. The molecule has 1 saturated heterocycles. The van der Waals surface area contributed by atoms with Gasteiger partial charge in [0.1, 0.15) is 0 Å². The Hall–Kier alpha value is -2.14. The average Bonchev–Trinajstić information content (AvgIpc) is 2.63. The van der Waals surface area contributed by atoms with Crippen molar-refractivity contribution in [3.63, 3.8) is 0 Å². The Kier molecular flexibility index (Phi) is 5.64. The van der Waals surface area contributed by atoms with Gasteiger partial charge in [-0.05, 0) is 37.4 Å². The molecule has 1 aromatic heterocycles. The third kappa shape index (κ3) is 4.03. The molecule has 1 N–H and O–H groups in total. The van der Waals surface area contributed by atoms with E-state index in [0.717, 1.165) is 6.54 Å². The van der Waals surface area contributed by atoms with Crippen LogP contribution in [0.1, 0.15) is 37.3 Å². The van der Waals surface area contributed by atoms with Crippen LogP contribution in [-0.2, 0) is 13.1 Å². The van der Waals surface area contributed by atoms with Crippen molar-refractivity contribution >= 4 is 5.82 Å². The summed E-state index contributed by atoms with van der Waals surface area (Å²) < 4.78 is 5.26. The van der Waals surface area contributed by atoms with Crippen molar-refractivity contribution in [3.8, 4) is 5.88 Å². The lowest BCUT2D eigenvalue weighted by Crippen LogP contribution is -2.37. The Morgan fingerprint density at radius 2 is 1.96 bits per heavy atom. The van der Waals surface area contributed by atoms with Crippen LogP contribution in [0.15, 0.2) is 36.7 Å². The summed E-state index contributed by atoms with van der Waals surface area (Å²) >= 11 is 0. The van der Waals surface area contributed by atoms with Crippen LogP contribution in [-0.4, -0.2) is 34.6 Å². The molecule has 1 aliphatic rings. The second-order valence-corrected chi connectivity index (χ2v) is 6.35. The minimum Gasteiger partial charge on any atom is -0.478 e. The fraction of sp³-hybridized carbons (Fsp3) is 0.474. The fourth-order valence-electron chi connectivity index (χ4n) is 3.27. The summed E-state index contributed by atoms with van der Waals surface area (Å²) in [5, 5.41) is 3.35. The van der Waals surface area contributed by atoms with E-state index in [1.165, 1.54) is 36.9 Å². The molecule has 5 nitrogen and oxygen atoms in total. The first-order chi connectivity index (χ1) is 11.8. The third-order valence-corrected chi connectivity index (χ3v) is 4.74. The molecule has 2 heterocycles. The predicted molar refractivity (Wildman–Crippen MR) is 96.1 cm³/mol. The largest absolute Gasteiger partial charge is 0.478 e. The molecule has 0 bridgehead atoms. The highest BCUT2D eigenvalue weighted by molar-refractivity contribution is 5.45. The maximum Gasteiger partial charge on any atom is 0.257 e. The van der Waals surface area contributed by atoms with Gasteiger partial charge in [-0.2, -0.15) is 0 Å². The zero-order valence-electron chi connectivity index (χ0n) is 14.5. The molecular weight excluding hydrogens is 300 g/mol. The molecule has 3 rings (SSSR count). The first kappa shape index (κ1) is 16.7. The van der Waals surface area contributed by atoms with Crippen molar-refractivity contribution < 1.29 is 4.74 Å². The number of anilines is 1. The summed E-state index contributed by atoms with van der Waals surface area (Å²) in [6.07, 6.45) is 7.27. The highest BCUT2D eigenvalue weighted by Gasteiger charge is 2.19. The first-order valence-electron chi connectivity index (χ1n) is 8.67. The van der Waals surface area contributed by atoms with Gasteiger partial charge in [0.05, 0.1) is 7.11 Å². The molecule has 24 heavy (non-hydrogen) atoms. The van der Waals surface area contributed by atoms with Gasteiger partial charge in [0.2, 0.25) is 0 Å². The van der Waals surface area contributed by atoms with E-state index >= 15 is 0 Å². The molecule has 1 unspecified atom stereocenters. The number of ether oxygens (including phenoxy) is 1. The second-order valence-electron chi connectivity index (χ2n) is 6.35. The molecular formula is C19H26N4O. The number of piperidine rings is 1. The first-order valence-corrected chi connectivity index (χ1v) is 8.67. The van der Waals surface area contributed by atoms with Gasteiger partial charge in [-0.1, -0.05) is 30.7 Å². The lowest BCUT2D eigenvalue weighted by molar-refractivity contribution is 0.152. The van der Waals surface area contributed by atoms with E-state index < -0.39 is 0 Å². The third-order valence-electron chi connectivity index (χ3n) is 4.74. The van der Waals surface area contributed by atoms with Gasteiger partial charge in [-0.3, -0.25) is 4.90 Å².